The molecule has 7 heteroatoms. The summed E-state index contributed by atoms with van der Waals surface area (Å²) in [4.78, 5) is 29.5. The van der Waals surface area contributed by atoms with E-state index in [2.05, 4.69) is 15.6 Å². The predicted octanol–water partition coefficient (Wildman–Crippen LogP) is 2.04. The van der Waals surface area contributed by atoms with E-state index in [1.54, 1.807) is 18.3 Å². The van der Waals surface area contributed by atoms with Crippen molar-refractivity contribution in [3.8, 4) is 0 Å². The van der Waals surface area contributed by atoms with Gasteiger partial charge in [0.1, 0.15) is 17.9 Å². The Morgan fingerprint density at radius 1 is 1.18 bits per heavy atom. The molecule has 2 N–H and O–H groups in total. The van der Waals surface area contributed by atoms with Crippen LogP contribution in [0.1, 0.15) is 24.1 Å². The molecule has 1 aliphatic heterocycles. The van der Waals surface area contributed by atoms with Crippen LogP contribution in [0.25, 0.3) is 10.9 Å². The molecule has 1 aromatic carbocycles. The summed E-state index contributed by atoms with van der Waals surface area (Å²) in [6.45, 7) is 1.86. The summed E-state index contributed by atoms with van der Waals surface area (Å²) in [5.74, 6) is -1.14. The average molecular weight is 380 g/mol. The van der Waals surface area contributed by atoms with Crippen LogP contribution in [0.15, 0.2) is 48.8 Å². The van der Waals surface area contributed by atoms with Gasteiger partial charge in [-0.2, -0.15) is 0 Å². The molecule has 3 heterocycles. The molecule has 3 aromatic rings. The zero-order valence-electron chi connectivity index (χ0n) is 15.6. The topological polar surface area (TPSA) is 76.0 Å². The first-order valence-electron chi connectivity index (χ1n) is 9.19. The first kappa shape index (κ1) is 18.2. The third-order valence-corrected chi connectivity index (χ3v) is 5.33. The third-order valence-electron chi connectivity index (χ3n) is 5.33. The lowest BCUT2D eigenvalue weighted by Gasteiger charge is -2.32. The van der Waals surface area contributed by atoms with Crippen molar-refractivity contribution in [1.29, 1.82) is 0 Å². The van der Waals surface area contributed by atoms with E-state index in [1.807, 2.05) is 36.9 Å². The first-order chi connectivity index (χ1) is 13.4. The van der Waals surface area contributed by atoms with Crippen molar-refractivity contribution in [2.45, 2.75) is 31.3 Å². The van der Waals surface area contributed by atoms with Gasteiger partial charge in [-0.1, -0.05) is 13.0 Å². The van der Waals surface area contributed by atoms with Crippen molar-refractivity contribution in [3.63, 3.8) is 0 Å². The Morgan fingerprint density at radius 3 is 2.75 bits per heavy atom. The molecule has 0 radical (unpaired) electrons. The van der Waals surface area contributed by atoms with Gasteiger partial charge in [0.2, 0.25) is 11.8 Å². The summed E-state index contributed by atoms with van der Waals surface area (Å²) in [7, 11) is 1.87. The van der Waals surface area contributed by atoms with E-state index < -0.39 is 12.1 Å². The van der Waals surface area contributed by atoms with Gasteiger partial charge < -0.3 is 15.2 Å². The highest BCUT2D eigenvalue weighted by atomic mass is 19.1. The fraction of sp³-hybridized carbons (Fsp3) is 0.286. The number of nitrogens with one attached hydrogen (secondary N) is 2. The quantitative estimate of drug-likeness (QED) is 0.727. The summed E-state index contributed by atoms with van der Waals surface area (Å²) >= 11 is 0. The van der Waals surface area contributed by atoms with Crippen molar-refractivity contribution in [1.82, 2.24) is 20.2 Å². The molecular weight excluding hydrogens is 359 g/mol. The Hall–Kier alpha value is -3.22. The van der Waals surface area contributed by atoms with Crippen LogP contribution in [0.5, 0.6) is 0 Å². The second-order valence-electron chi connectivity index (χ2n) is 7.22. The number of fused-ring (bicyclic) bond motifs is 1. The zero-order chi connectivity index (χ0) is 19.8. The van der Waals surface area contributed by atoms with Crippen LogP contribution in [-0.2, 0) is 23.1 Å². The number of aromatic nitrogens is 2. The molecule has 0 bridgehead atoms. The average Bonchev–Trinajstić information content (AvgIpc) is 3.00. The van der Waals surface area contributed by atoms with Crippen LogP contribution in [0.4, 0.5) is 4.39 Å². The van der Waals surface area contributed by atoms with Gasteiger partial charge in [0, 0.05) is 48.4 Å². The Balaban J connectivity index is 1.57. The summed E-state index contributed by atoms with van der Waals surface area (Å²) in [5, 5.41) is 6.39. The van der Waals surface area contributed by atoms with Crippen molar-refractivity contribution in [2.24, 2.45) is 7.05 Å². The first-order valence-corrected chi connectivity index (χ1v) is 9.19. The van der Waals surface area contributed by atoms with Crippen molar-refractivity contribution in [3.05, 3.63) is 65.9 Å². The molecule has 0 saturated carbocycles. The van der Waals surface area contributed by atoms with Gasteiger partial charge in [-0.25, -0.2) is 4.39 Å². The molecule has 1 saturated heterocycles. The minimum atomic E-state index is -0.721. The predicted molar refractivity (Wildman–Crippen MR) is 103 cm³/mol. The Bertz CT molecular complexity index is 1050. The summed E-state index contributed by atoms with van der Waals surface area (Å²) in [5.41, 5.74) is 2.43. The highest BCUT2D eigenvalue weighted by Gasteiger charge is 2.38. The van der Waals surface area contributed by atoms with E-state index in [4.69, 9.17) is 0 Å². The van der Waals surface area contributed by atoms with Crippen molar-refractivity contribution in [2.75, 3.05) is 0 Å². The number of amides is 2. The fourth-order valence-corrected chi connectivity index (χ4v) is 3.81. The van der Waals surface area contributed by atoms with Gasteiger partial charge in [-0.15, -0.1) is 0 Å². The number of piperazine rings is 1. The van der Waals surface area contributed by atoms with E-state index >= 15 is 0 Å². The molecule has 0 spiro atoms. The van der Waals surface area contributed by atoms with E-state index in [-0.39, 0.29) is 23.5 Å². The van der Waals surface area contributed by atoms with E-state index in [0.717, 1.165) is 22.2 Å². The Morgan fingerprint density at radius 2 is 2.00 bits per heavy atom. The second kappa shape index (κ2) is 7.07. The number of hydrogen-bond donors (Lipinski definition) is 2. The molecular formula is C21H21FN4O2. The lowest BCUT2D eigenvalue weighted by Crippen LogP contribution is -2.63. The Labute approximate surface area is 161 Å². The lowest BCUT2D eigenvalue weighted by molar-refractivity contribution is -0.137. The minimum Gasteiger partial charge on any atom is -0.350 e. The van der Waals surface area contributed by atoms with E-state index in [1.165, 1.54) is 12.1 Å². The number of carbonyl (C=O) groups excluding carboxylic acids is 2. The van der Waals surface area contributed by atoms with E-state index in [0.29, 0.717) is 6.42 Å². The number of hydrogen-bond acceptors (Lipinski definition) is 3. The van der Waals surface area contributed by atoms with Crippen molar-refractivity contribution < 1.29 is 14.0 Å². The van der Waals surface area contributed by atoms with Gasteiger partial charge in [0.25, 0.3) is 0 Å². The number of carbonyl (C=O) groups is 2. The number of benzene rings is 1. The lowest BCUT2D eigenvalue weighted by atomic mass is 9.90. The van der Waals surface area contributed by atoms with Gasteiger partial charge in [-0.3, -0.25) is 14.6 Å². The normalized spacial score (nSPS) is 20.7. The van der Waals surface area contributed by atoms with Gasteiger partial charge >= 0.3 is 0 Å². The number of rotatable bonds is 4. The number of nitrogens with zero attached hydrogens (tertiary/aromatic N) is 2. The fourth-order valence-electron chi connectivity index (χ4n) is 3.81. The maximum Gasteiger partial charge on any atom is 0.243 e. The van der Waals surface area contributed by atoms with Crippen molar-refractivity contribution >= 4 is 22.7 Å². The minimum absolute atomic E-state index is 0.242. The molecule has 28 heavy (non-hydrogen) atoms. The summed E-state index contributed by atoms with van der Waals surface area (Å²) in [6.07, 6.45) is 3.87. The molecule has 144 valence electrons. The van der Waals surface area contributed by atoms with Crippen LogP contribution >= 0.6 is 0 Å². The zero-order valence-corrected chi connectivity index (χ0v) is 15.6. The molecule has 1 aliphatic rings. The summed E-state index contributed by atoms with van der Waals surface area (Å²) < 4.78 is 15.7. The van der Waals surface area contributed by atoms with Crippen LogP contribution in [0.2, 0.25) is 0 Å². The Kier molecular flexibility index (Phi) is 4.58. The van der Waals surface area contributed by atoms with E-state index in [9.17, 15) is 14.0 Å². The highest BCUT2D eigenvalue weighted by Crippen LogP contribution is 2.30. The van der Waals surface area contributed by atoms with Crippen LogP contribution < -0.4 is 10.6 Å². The number of halogens is 1. The molecule has 4 rings (SSSR count). The molecule has 1 fully saturated rings. The van der Waals surface area contributed by atoms with Crippen LogP contribution in [0, 0.1) is 5.82 Å². The standard InChI is InChI=1S/C21H21FN4O2/c1-12(16-11-26(2)18-7-6-13(22)9-15(16)18)19-21(28)24-17(20(27)25-19)10-14-5-3-4-8-23-14/h3-9,11-12,17,19H,10H2,1-2H3,(H,24,28)(H,25,27)/t12-,17-,19-/m1/s1. The number of aryl methyl sites for hydroxylation is 1. The van der Waals surface area contributed by atoms with Crippen LogP contribution in [0.3, 0.4) is 0 Å². The maximum atomic E-state index is 13.8. The third kappa shape index (κ3) is 3.24. The maximum absolute atomic E-state index is 13.8. The van der Waals surface area contributed by atoms with Gasteiger partial charge in [0.05, 0.1) is 0 Å². The smallest absolute Gasteiger partial charge is 0.243 e. The van der Waals surface area contributed by atoms with Crippen LogP contribution in [-0.4, -0.2) is 33.4 Å². The summed E-state index contributed by atoms with van der Waals surface area (Å²) in [6, 6.07) is 8.67. The monoisotopic (exact) mass is 380 g/mol. The molecule has 3 atom stereocenters. The van der Waals surface area contributed by atoms with Gasteiger partial charge in [-0.05, 0) is 35.9 Å². The number of pyridine rings is 1. The highest BCUT2D eigenvalue weighted by molar-refractivity contribution is 5.98. The molecule has 0 unspecified atom stereocenters. The molecule has 2 aromatic heterocycles. The largest absolute Gasteiger partial charge is 0.350 e. The molecule has 0 aliphatic carbocycles. The SMILES string of the molecule is C[C@H](c1cn(C)c2ccc(F)cc12)[C@H]1NC(=O)[C@@H](Cc2ccccn2)NC1=O. The second-order valence-corrected chi connectivity index (χ2v) is 7.22. The van der Waals surface area contributed by atoms with Gasteiger partial charge in [0.15, 0.2) is 0 Å². The molecule has 2 amide bonds. The molecule has 6 nitrogen and oxygen atoms in total.